The molecule has 0 saturated carbocycles. The summed E-state index contributed by atoms with van der Waals surface area (Å²) in [5.74, 6) is 0.409. The van der Waals surface area contributed by atoms with Crippen LogP contribution in [-0.4, -0.2) is 16.5 Å². The van der Waals surface area contributed by atoms with Crippen LogP contribution in [0.15, 0.2) is 46.9 Å². The highest BCUT2D eigenvalue weighted by atomic mass is 35.5. The van der Waals surface area contributed by atoms with Gasteiger partial charge in [-0.25, -0.2) is 4.98 Å². The third kappa shape index (κ3) is 4.55. The number of anilines is 1. The van der Waals surface area contributed by atoms with Crippen LogP contribution in [0.1, 0.15) is 11.6 Å². The average Bonchev–Trinajstić information content (AvgIpc) is 3.01. The molecule has 3 rings (SSSR count). The monoisotopic (exact) mass is 409 g/mol. The summed E-state index contributed by atoms with van der Waals surface area (Å²) < 4.78 is 34.9. The number of hydrogen-bond acceptors (Lipinski definition) is 6. The van der Waals surface area contributed by atoms with Crippen molar-refractivity contribution >= 4 is 23.0 Å². The molecular weight excluding hydrogens is 396 g/mol. The second kappa shape index (κ2) is 8.22. The fourth-order valence-corrected chi connectivity index (χ4v) is 2.67. The third-order valence-corrected chi connectivity index (χ3v) is 4.02. The van der Waals surface area contributed by atoms with E-state index in [0.29, 0.717) is 28.1 Å². The van der Waals surface area contributed by atoms with Gasteiger partial charge in [0.15, 0.2) is 5.76 Å². The Bertz CT molecular complexity index is 993. The van der Waals surface area contributed by atoms with Gasteiger partial charge in [-0.05, 0) is 37.3 Å². The molecular formula is C18H14ClF2N3O4. The number of nitrogens with zero attached hydrogens (tertiary/aromatic N) is 2. The topological polar surface area (TPSA) is 90.4 Å². The standard InChI is InChI=1S/C18H14ClF2N3O4/c1-10-17(11-2-4-12(19)5-3-11)28-16(23-10)9-22-13-6-7-14(24(25)26)15(8-13)27-18(20)21/h2-8,18,22H,9H2,1H3. The van der Waals surface area contributed by atoms with Gasteiger partial charge in [-0.15, -0.1) is 0 Å². The number of halogens is 3. The Morgan fingerprint density at radius 1 is 1.29 bits per heavy atom. The fraction of sp³-hybridized carbons (Fsp3) is 0.167. The molecule has 7 nitrogen and oxygen atoms in total. The van der Waals surface area contributed by atoms with Gasteiger partial charge in [0, 0.05) is 28.4 Å². The number of benzene rings is 2. The maximum absolute atomic E-state index is 12.5. The predicted molar refractivity (Wildman–Crippen MR) is 98.7 cm³/mol. The second-order valence-corrected chi connectivity index (χ2v) is 6.14. The summed E-state index contributed by atoms with van der Waals surface area (Å²) >= 11 is 5.88. The lowest BCUT2D eigenvalue weighted by molar-refractivity contribution is -0.386. The maximum Gasteiger partial charge on any atom is 0.387 e. The summed E-state index contributed by atoms with van der Waals surface area (Å²) in [7, 11) is 0. The van der Waals surface area contributed by atoms with Crippen molar-refractivity contribution < 1.29 is 22.9 Å². The zero-order valence-electron chi connectivity index (χ0n) is 14.5. The summed E-state index contributed by atoms with van der Waals surface area (Å²) in [5, 5.41) is 14.4. The summed E-state index contributed by atoms with van der Waals surface area (Å²) in [6, 6.07) is 10.7. The normalized spacial score (nSPS) is 10.9. The number of rotatable bonds is 7. The molecule has 2 aromatic carbocycles. The number of oxazole rings is 1. The Labute approximate surface area is 163 Å². The SMILES string of the molecule is Cc1nc(CNc2ccc([N+](=O)[O-])c(OC(F)F)c2)oc1-c1ccc(Cl)cc1. The minimum absolute atomic E-state index is 0.139. The van der Waals surface area contributed by atoms with Crippen LogP contribution in [0.3, 0.4) is 0 Å². The molecule has 10 heteroatoms. The average molecular weight is 410 g/mol. The summed E-state index contributed by atoms with van der Waals surface area (Å²) in [5.41, 5.74) is 1.26. The predicted octanol–water partition coefficient (Wildman–Crippen LogP) is 5.43. The summed E-state index contributed by atoms with van der Waals surface area (Å²) in [4.78, 5) is 14.4. The zero-order valence-corrected chi connectivity index (χ0v) is 15.2. The number of aryl methyl sites for hydroxylation is 1. The van der Waals surface area contributed by atoms with Crippen molar-refractivity contribution in [3.8, 4) is 17.1 Å². The van der Waals surface area contributed by atoms with E-state index in [4.69, 9.17) is 16.0 Å². The lowest BCUT2D eigenvalue weighted by Crippen LogP contribution is -2.06. The van der Waals surface area contributed by atoms with Gasteiger partial charge in [0.05, 0.1) is 17.2 Å². The number of aromatic nitrogens is 1. The van der Waals surface area contributed by atoms with Gasteiger partial charge in [0.1, 0.15) is 0 Å². The zero-order chi connectivity index (χ0) is 20.3. The third-order valence-electron chi connectivity index (χ3n) is 3.76. The molecule has 0 unspecified atom stereocenters. The molecule has 0 amide bonds. The lowest BCUT2D eigenvalue weighted by atomic mass is 10.1. The number of nitrogens with one attached hydrogen (secondary N) is 1. The van der Waals surface area contributed by atoms with Crippen LogP contribution in [0.4, 0.5) is 20.2 Å². The van der Waals surface area contributed by atoms with Gasteiger partial charge >= 0.3 is 12.3 Å². The van der Waals surface area contributed by atoms with E-state index in [2.05, 4.69) is 15.0 Å². The summed E-state index contributed by atoms with van der Waals surface area (Å²) in [6.45, 7) is -1.25. The molecule has 146 valence electrons. The lowest BCUT2D eigenvalue weighted by Gasteiger charge is -2.08. The van der Waals surface area contributed by atoms with E-state index in [9.17, 15) is 18.9 Å². The first-order chi connectivity index (χ1) is 13.3. The van der Waals surface area contributed by atoms with E-state index >= 15 is 0 Å². The van der Waals surface area contributed by atoms with Crippen molar-refractivity contribution in [1.82, 2.24) is 4.98 Å². The highest BCUT2D eigenvalue weighted by molar-refractivity contribution is 6.30. The van der Waals surface area contributed by atoms with E-state index in [0.717, 1.165) is 17.7 Å². The van der Waals surface area contributed by atoms with Crippen LogP contribution in [0, 0.1) is 17.0 Å². The molecule has 0 atom stereocenters. The first kappa shape index (κ1) is 19.6. The van der Waals surface area contributed by atoms with Crippen LogP contribution < -0.4 is 10.1 Å². The fourth-order valence-electron chi connectivity index (χ4n) is 2.54. The van der Waals surface area contributed by atoms with Gasteiger partial charge in [0.25, 0.3) is 0 Å². The van der Waals surface area contributed by atoms with Gasteiger partial charge < -0.3 is 14.5 Å². The van der Waals surface area contributed by atoms with E-state index in [-0.39, 0.29) is 6.54 Å². The molecule has 0 aliphatic heterocycles. The molecule has 1 N–H and O–H groups in total. The van der Waals surface area contributed by atoms with Crippen LogP contribution in [0.2, 0.25) is 5.02 Å². The second-order valence-electron chi connectivity index (χ2n) is 5.70. The Kier molecular flexibility index (Phi) is 5.74. The van der Waals surface area contributed by atoms with E-state index in [1.165, 1.54) is 6.07 Å². The summed E-state index contributed by atoms with van der Waals surface area (Å²) in [6.07, 6.45) is 0. The molecule has 3 aromatic rings. The molecule has 0 radical (unpaired) electrons. The van der Waals surface area contributed by atoms with E-state index in [1.807, 2.05) is 0 Å². The van der Waals surface area contributed by atoms with Crippen LogP contribution in [0.5, 0.6) is 5.75 Å². The molecule has 1 aromatic heterocycles. The first-order valence-corrected chi connectivity index (χ1v) is 8.40. The maximum atomic E-state index is 12.5. The molecule has 0 aliphatic rings. The molecule has 0 bridgehead atoms. The molecule has 0 saturated heterocycles. The van der Waals surface area contributed by atoms with Crippen LogP contribution in [-0.2, 0) is 6.54 Å². The van der Waals surface area contributed by atoms with Gasteiger partial charge in [-0.1, -0.05) is 11.6 Å². The number of hydrogen-bond donors (Lipinski definition) is 1. The Morgan fingerprint density at radius 3 is 2.64 bits per heavy atom. The van der Waals surface area contributed by atoms with Crippen LogP contribution >= 0.6 is 11.6 Å². The molecule has 0 fully saturated rings. The molecule has 0 spiro atoms. The minimum atomic E-state index is -3.18. The van der Waals surface area contributed by atoms with Crippen LogP contribution in [0.25, 0.3) is 11.3 Å². The van der Waals surface area contributed by atoms with E-state index < -0.39 is 23.0 Å². The van der Waals surface area contributed by atoms with Crippen molar-refractivity contribution in [1.29, 1.82) is 0 Å². The van der Waals surface area contributed by atoms with E-state index in [1.54, 1.807) is 31.2 Å². The quantitative estimate of drug-likeness (QED) is 0.413. The Hall–Kier alpha value is -3.20. The molecule has 0 aliphatic carbocycles. The van der Waals surface area contributed by atoms with Crippen molar-refractivity contribution in [2.24, 2.45) is 0 Å². The highest BCUT2D eigenvalue weighted by Crippen LogP contribution is 2.32. The highest BCUT2D eigenvalue weighted by Gasteiger charge is 2.19. The number of nitro benzene ring substituents is 1. The molecule has 1 heterocycles. The first-order valence-electron chi connectivity index (χ1n) is 8.03. The molecule has 28 heavy (non-hydrogen) atoms. The minimum Gasteiger partial charge on any atom is -0.438 e. The van der Waals surface area contributed by atoms with Crippen molar-refractivity contribution in [2.75, 3.05) is 5.32 Å². The van der Waals surface area contributed by atoms with Gasteiger partial charge in [-0.2, -0.15) is 8.78 Å². The van der Waals surface area contributed by atoms with Crippen molar-refractivity contribution in [3.05, 3.63) is 69.2 Å². The largest absolute Gasteiger partial charge is 0.438 e. The number of nitro groups is 1. The number of ether oxygens (including phenoxy) is 1. The van der Waals surface area contributed by atoms with Gasteiger partial charge in [0.2, 0.25) is 11.6 Å². The smallest absolute Gasteiger partial charge is 0.387 e. The van der Waals surface area contributed by atoms with Gasteiger partial charge in [-0.3, -0.25) is 10.1 Å². The Balaban J connectivity index is 1.76. The van der Waals surface area contributed by atoms with Crippen molar-refractivity contribution in [3.63, 3.8) is 0 Å². The van der Waals surface area contributed by atoms with Crippen molar-refractivity contribution in [2.45, 2.75) is 20.1 Å². The number of alkyl halides is 2. The Morgan fingerprint density at radius 2 is 2.00 bits per heavy atom.